The van der Waals surface area contributed by atoms with Gasteiger partial charge >= 0.3 is 0 Å². The predicted molar refractivity (Wildman–Crippen MR) is 240 cm³/mol. The SMILES string of the molecule is Cc1nc(NC(=O)c2ccccc2NC(=O)CCCCCCNC(=O)CN2CCN(c3ccc(Nc4ncc5cc(C(=O)N(C)C)n(C6CCCC6)c5n4)nc3)CC2)sc1C. The van der Waals surface area contributed by atoms with Crippen LogP contribution in [-0.4, -0.2) is 111 Å². The molecule has 2 aliphatic rings. The van der Waals surface area contributed by atoms with E-state index in [0.29, 0.717) is 59.8 Å². The fraction of sp³-hybridized carbons (Fsp3) is 0.455. The van der Waals surface area contributed by atoms with Gasteiger partial charge in [0.1, 0.15) is 17.2 Å². The zero-order chi connectivity index (χ0) is 42.9. The van der Waals surface area contributed by atoms with Crippen molar-refractivity contribution in [1.82, 2.24) is 39.6 Å². The lowest BCUT2D eigenvalue weighted by atomic mass is 10.1. The van der Waals surface area contributed by atoms with Crippen LogP contribution in [0.2, 0.25) is 0 Å². The van der Waals surface area contributed by atoms with Crippen LogP contribution in [0.15, 0.2) is 54.9 Å². The normalized spacial score (nSPS) is 14.6. The molecule has 1 saturated carbocycles. The van der Waals surface area contributed by atoms with Crippen molar-refractivity contribution >= 4 is 74.3 Å². The second-order valence-corrected chi connectivity index (χ2v) is 17.2. The van der Waals surface area contributed by atoms with E-state index in [1.807, 2.05) is 38.2 Å². The van der Waals surface area contributed by atoms with Gasteiger partial charge in [-0.1, -0.05) is 37.8 Å². The number of hydrogen-bond donors (Lipinski definition) is 4. The highest BCUT2D eigenvalue weighted by molar-refractivity contribution is 7.15. The molecule has 4 N–H and O–H groups in total. The molecule has 16 nitrogen and oxygen atoms in total. The van der Waals surface area contributed by atoms with Crippen LogP contribution in [-0.2, 0) is 9.59 Å². The minimum Gasteiger partial charge on any atom is -0.368 e. The lowest BCUT2D eigenvalue weighted by Crippen LogP contribution is -2.49. The second-order valence-electron chi connectivity index (χ2n) is 16.0. The number of benzene rings is 1. The first kappa shape index (κ1) is 43.2. The van der Waals surface area contributed by atoms with E-state index in [1.165, 1.54) is 11.3 Å². The summed E-state index contributed by atoms with van der Waals surface area (Å²) in [5.41, 5.74) is 4.15. The third-order valence-electron chi connectivity index (χ3n) is 11.3. The number of fused-ring (bicyclic) bond motifs is 1. The fourth-order valence-corrected chi connectivity index (χ4v) is 8.67. The molecule has 5 heterocycles. The monoisotopic (exact) mass is 848 g/mol. The van der Waals surface area contributed by atoms with Gasteiger partial charge in [-0.3, -0.25) is 29.4 Å². The van der Waals surface area contributed by atoms with Gasteiger partial charge in [0.15, 0.2) is 5.13 Å². The topological polar surface area (TPSA) is 183 Å². The van der Waals surface area contributed by atoms with Crippen molar-refractivity contribution in [2.45, 2.75) is 77.7 Å². The Morgan fingerprint density at radius 3 is 2.34 bits per heavy atom. The van der Waals surface area contributed by atoms with Crippen LogP contribution in [0.3, 0.4) is 0 Å². The highest BCUT2D eigenvalue weighted by atomic mass is 32.1. The molecule has 0 spiro atoms. The molecule has 0 bridgehead atoms. The number of aryl methyl sites for hydroxylation is 2. The van der Waals surface area contributed by atoms with Crippen LogP contribution >= 0.6 is 11.3 Å². The summed E-state index contributed by atoms with van der Waals surface area (Å²) >= 11 is 1.42. The summed E-state index contributed by atoms with van der Waals surface area (Å²) in [5, 5.41) is 13.4. The van der Waals surface area contributed by atoms with Gasteiger partial charge in [0.25, 0.3) is 11.8 Å². The van der Waals surface area contributed by atoms with Crippen LogP contribution in [0, 0.1) is 13.8 Å². The molecule has 17 heteroatoms. The van der Waals surface area contributed by atoms with E-state index < -0.39 is 0 Å². The maximum atomic E-state index is 13.1. The van der Waals surface area contributed by atoms with Gasteiger partial charge in [-0.2, -0.15) is 4.98 Å². The van der Waals surface area contributed by atoms with Crippen molar-refractivity contribution in [2.75, 3.05) is 74.2 Å². The standard InChI is InChI=1S/C44H56N12O4S/c1-29-30(2)61-44(48-29)52-41(59)34-15-10-11-16-35(34)49-38(57)17-7-5-6-12-20-45-39(58)28-54-21-23-55(24-22-54)33-18-19-37(46-27-33)50-43-47-26-31-25-36(42(60)53(3)4)56(40(31)51-43)32-13-8-9-14-32/h10-11,15-16,18-19,25-27,32H,5-9,12-14,17,20-24,28H2,1-4H3,(H,45,58)(H,49,57)(H,48,52,59)(H,46,47,50,51). The third-order valence-corrected chi connectivity index (χ3v) is 12.3. The van der Waals surface area contributed by atoms with Gasteiger partial charge in [-0.25, -0.2) is 15.0 Å². The number of thiazole rings is 1. The third kappa shape index (κ3) is 11.1. The van der Waals surface area contributed by atoms with Crippen LogP contribution < -0.4 is 26.2 Å². The molecule has 1 aromatic carbocycles. The molecule has 2 fully saturated rings. The van der Waals surface area contributed by atoms with E-state index in [2.05, 4.69) is 50.6 Å². The lowest BCUT2D eigenvalue weighted by molar-refractivity contribution is -0.122. The van der Waals surface area contributed by atoms with Crippen LogP contribution in [0.4, 0.5) is 28.3 Å². The Hall–Kier alpha value is -5.94. The Labute approximate surface area is 360 Å². The molecule has 322 valence electrons. The Kier molecular flexibility index (Phi) is 14.2. The molecule has 4 amide bonds. The number of nitrogens with zero attached hydrogens (tertiary/aromatic N) is 8. The average Bonchev–Trinajstić information content (AvgIpc) is 3.99. The predicted octanol–water partition coefficient (Wildman–Crippen LogP) is 6.54. The fourth-order valence-electron chi connectivity index (χ4n) is 7.86. The minimum absolute atomic E-state index is 0.0178. The number of amides is 4. The van der Waals surface area contributed by atoms with Crippen molar-refractivity contribution in [3.8, 4) is 0 Å². The molecule has 0 unspecified atom stereocenters. The zero-order valence-electron chi connectivity index (χ0n) is 35.5. The van der Waals surface area contributed by atoms with Gasteiger partial charge in [-0.05, 0) is 69.9 Å². The molecular formula is C44H56N12O4S. The van der Waals surface area contributed by atoms with E-state index >= 15 is 0 Å². The quantitative estimate of drug-likeness (QED) is 0.0746. The summed E-state index contributed by atoms with van der Waals surface area (Å²) < 4.78 is 2.10. The molecule has 0 radical (unpaired) electrons. The summed E-state index contributed by atoms with van der Waals surface area (Å²) in [6.07, 6.45) is 11.6. The number of hydrogen-bond acceptors (Lipinski definition) is 12. The Morgan fingerprint density at radius 1 is 0.852 bits per heavy atom. The van der Waals surface area contributed by atoms with Crippen molar-refractivity contribution in [3.63, 3.8) is 0 Å². The Morgan fingerprint density at radius 2 is 1.62 bits per heavy atom. The molecule has 1 aliphatic heterocycles. The van der Waals surface area contributed by atoms with E-state index in [0.717, 1.165) is 98.4 Å². The van der Waals surface area contributed by atoms with E-state index in [4.69, 9.17) is 4.98 Å². The average molecular weight is 849 g/mol. The highest BCUT2D eigenvalue weighted by Gasteiger charge is 2.27. The number of unbranched alkanes of at least 4 members (excludes halogenated alkanes) is 3. The first-order valence-electron chi connectivity index (χ1n) is 21.2. The number of aromatic nitrogens is 5. The first-order chi connectivity index (χ1) is 29.5. The van der Waals surface area contributed by atoms with E-state index in [-0.39, 0.29) is 29.7 Å². The van der Waals surface area contributed by atoms with E-state index in [1.54, 1.807) is 49.5 Å². The summed E-state index contributed by atoms with van der Waals surface area (Å²) in [5.74, 6) is 0.587. The summed E-state index contributed by atoms with van der Waals surface area (Å²) in [4.78, 5) is 76.9. The van der Waals surface area contributed by atoms with Crippen LogP contribution in [0.25, 0.3) is 11.0 Å². The minimum atomic E-state index is -0.314. The highest BCUT2D eigenvalue weighted by Crippen LogP contribution is 2.35. The largest absolute Gasteiger partial charge is 0.368 e. The Bertz CT molecular complexity index is 2310. The van der Waals surface area contributed by atoms with E-state index in [9.17, 15) is 19.2 Å². The molecule has 0 atom stereocenters. The maximum absolute atomic E-state index is 13.1. The number of rotatable bonds is 17. The zero-order valence-corrected chi connectivity index (χ0v) is 36.3. The summed E-state index contributed by atoms with van der Waals surface area (Å²) in [7, 11) is 3.54. The van der Waals surface area contributed by atoms with Crippen molar-refractivity contribution in [1.29, 1.82) is 0 Å². The summed E-state index contributed by atoms with van der Waals surface area (Å²) in [6, 6.07) is 13.1. The van der Waals surface area contributed by atoms with Gasteiger partial charge in [-0.15, -0.1) is 11.3 Å². The van der Waals surface area contributed by atoms with Crippen LogP contribution in [0.1, 0.15) is 95.2 Å². The maximum Gasteiger partial charge on any atom is 0.270 e. The molecular weight excluding hydrogens is 793 g/mol. The first-order valence-corrected chi connectivity index (χ1v) is 22.0. The number of carbonyl (C=O) groups excluding carboxylic acids is 4. The van der Waals surface area contributed by atoms with Gasteiger partial charge in [0.05, 0.1) is 35.4 Å². The van der Waals surface area contributed by atoms with Crippen LogP contribution in [0.5, 0.6) is 0 Å². The number of carbonyl (C=O) groups is 4. The Balaban J connectivity index is 0.781. The molecule has 1 aliphatic carbocycles. The van der Waals surface area contributed by atoms with Gasteiger partial charge in [0, 0.05) is 75.7 Å². The number of pyridine rings is 1. The van der Waals surface area contributed by atoms with Gasteiger partial charge < -0.3 is 30.3 Å². The smallest absolute Gasteiger partial charge is 0.270 e. The van der Waals surface area contributed by atoms with Crippen molar-refractivity contribution < 1.29 is 19.2 Å². The van der Waals surface area contributed by atoms with Gasteiger partial charge in [0.2, 0.25) is 17.8 Å². The van der Waals surface area contributed by atoms with Crippen molar-refractivity contribution in [2.24, 2.45) is 0 Å². The molecule has 61 heavy (non-hydrogen) atoms. The number of piperazine rings is 1. The molecule has 5 aromatic rings. The molecule has 1 saturated heterocycles. The molecule has 7 rings (SSSR count). The number of nitrogens with one attached hydrogen (secondary N) is 4. The summed E-state index contributed by atoms with van der Waals surface area (Å²) in [6.45, 7) is 7.92. The number of anilines is 5. The lowest BCUT2D eigenvalue weighted by Gasteiger charge is -2.35. The van der Waals surface area contributed by atoms with Crippen molar-refractivity contribution in [3.05, 3.63) is 76.7 Å². The molecule has 4 aromatic heterocycles. The number of para-hydroxylation sites is 1. The second kappa shape index (κ2) is 20.1.